The van der Waals surface area contributed by atoms with E-state index in [-0.39, 0.29) is 42.8 Å². The third kappa shape index (κ3) is 7.19. The maximum Gasteiger partial charge on any atom is 0.410 e. The number of hydrogen-bond donors (Lipinski definition) is 2. The second kappa shape index (κ2) is 15.1. The van der Waals surface area contributed by atoms with Crippen LogP contribution in [0.15, 0.2) is 102 Å². The minimum absolute atomic E-state index is 0.0928. The Morgan fingerprint density at radius 2 is 1.45 bits per heavy atom. The molecule has 1 unspecified atom stereocenters. The molecule has 0 saturated carbocycles. The molecule has 2 saturated heterocycles. The molecular formula is C41H44N8O4. The fraction of sp³-hybridized carbons (Fsp3) is 0.341. The lowest BCUT2D eigenvalue weighted by atomic mass is 10.0. The molecular weight excluding hydrogens is 669 g/mol. The fourth-order valence-electron chi connectivity index (χ4n) is 7.68. The van der Waals surface area contributed by atoms with Crippen LogP contribution in [0, 0.1) is 0 Å². The number of likely N-dealkylation sites (tertiary alicyclic amines) is 2. The van der Waals surface area contributed by atoms with Crippen LogP contribution in [0.3, 0.4) is 0 Å². The number of hydrogen-bond acceptors (Lipinski definition) is 8. The molecule has 4 atom stereocenters. The zero-order valence-electron chi connectivity index (χ0n) is 30.0. The van der Waals surface area contributed by atoms with Crippen molar-refractivity contribution in [2.75, 3.05) is 33.7 Å². The van der Waals surface area contributed by atoms with Crippen LogP contribution in [0.2, 0.25) is 0 Å². The molecule has 0 radical (unpaired) electrons. The summed E-state index contributed by atoms with van der Waals surface area (Å²) >= 11 is 0. The van der Waals surface area contributed by atoms with Gasteiger partial charge in [0.2, 0.25) is 11.8 Å². The third-order valence-corrected chi connectivity index (χ3v) is 10.4. The molecule has 0 spiro atoms. The van der Waals surface area contributed by atoms with Crippen LogP contribution in [0.4, 0.5) is 4.79 Å². The molecule has 53 heavy (non-hydrogen) atoms. The van der Waals surface area contributed by atoms with Gasteiger partial charge in [-0.2, -0.15) is 0 Å². The maximum atomic E-state index is 13.9. The average molecular weight is 713 g/mol. The van der Waals surface area contributed by atoms with E-state index in [0.717, 1.165) is 59.5 Å². The lowest BCUT2D eigenvalue weighted by Crippen LogP contribution is -2.40. The summed E-state index contributed by atoms with van der Waals surface area (Å²) in [7, 11) is 3.90. The van der Waals surface area contributed by atoms with E-state index in [9.17, 15) is 9.59 Å². The van der Waals surface area contributed by atoms with Gasteiger partial charge in [0.15, 0.2) is 0 Å². The summed E-state index contributed by atoms with van der Waals surface area (Å²) in [5, 5.41) is 0. The summed E-state index contributed by atoms with van der Waals surface area (Å²) in [5.41, 5.74) is 5.54. The first-order valence-corrected chi connectivity index (χ1v) is 18.3. The topological polar surface area (TPSA) is 132 Å². The summed E-state index contributed by atoms with van der Waals surface area (Å²) in [6, 6.07) is 27.2. The average Bonchev–Trinajstić information content (AvgIpc) is 4.04. The Balaban J connectivity index is 0.884. The number of nitrogens with zero attached hydrogens (tertiary/aromatic N) is 6. The fourth-order valence-corrected chi connectivity index (χ4v) is 7.68. The van der Waals surface area contributed by atoms with E-state index in [1.54, 1.807) is 11.1 Å². The van der Waals surface area contributed by atoms with Crippen molar-refractivity contribution in [3.8, 4) is 11.3 Å². The van der Waals surface area contributed by atoms with Gasteiger partial charge in [-0.3, -0.25) is 14.6 Å². The number of H-pyrrole nitrogens is 2. The van der Waals surface area contributed by atoms with Crippen LogP contribution in [0.1, 0.15) is 83.9 Å². The highest BCUT2D eigenvalue weighted by Gasteiger charge is 2.37. The molecule has 5 aromatic rings. The number of likely N-dealkylation sites (N-methyl/N-ethyl adjacent to an activating group) is 1. The molecule has 12 heteroatoms. The molecule has 2 amide bonds. The number of rotatable bonds is 10. The summed E-state index contributed by atoms with van der Waals surface area (Å²) in [4.78, 5) is 53.5. The quantitative estimate of drug-likeness (QED) is 0.164. The molecule has 5 heterocycles. The molecule has 12 nitrogen and oxygen atoms in total. The van der Waals surface area contributed by atoms with Crippen LogP contribution >= 0.6 is 0 Å². The van der Waals surface area contributed by atoms with Gasteiger partial charge in [0.05, 0.1) is 36.7 Å². The Labute approximate surface area is 308 Å². The first kappa shape index (κ1) is 34.3. The molecule has 3 aliphatic rings. The van der Waals surface area contributed by atoms with Crippen LogP contribution in [-0.2, 0) is 20.9 Å². The molecule has 2 aromatic heterocycles. The number of amides is 2. The van der Waals surface area contributed by atoms with E-state index in [1.807, 2.05) is 90.8 Å². The van der Waals surface area contributed by atoms with Crippen molar-refractivity contribution in [2.24, 2.45) is 4.99 Å². The van der Waals surface area contributed by atoms with Gasteiger partial charge in [0.1, 0.15) is 36.1 Å². The number of aliphatic imine (C=N–C) groups is 1. The van der Waals surface area contributed by atoms with Gasteiger partial charge in [0.25, 0.3) is 0 Å². The van der Waals surface area contributed by atoms with Gasteiger partial charge in [0, 0.05) is 13.1 Å². The molecule has 0 aliphatic carbocycles. The number of nitrogens with one attached hydrogen (secondary N) is 2. The predicted octanol–water partition coefficient (Wildman–Crippen LogP) is 6.76. The molecule has 8 rings (SSSR count). The van der Waals surface area contributed by atoms with Gasteiger partial charge in [-0.25, -0.2) is 19.8 Å². The highest BCUT2D eigenvalue weighted by atomic mass is 16.6. The highest BCUT2D eigenvalue weighted by Crippen LogP contribution is 2.36. The van der Waals surface area contributed by atoms with Crippen molar-refractivity contribution in [2.45, 2.75) is 56.5 Å². The van der Waals surface area contributed by atoms with E-state index in [4.69, 9.17) is 14.5 Å². The SMILES string of the molecule is CN(C)[C@@H](C(=O)N1CCC[C@H]1c1ncc(-c2ccc(C3CN=C(c4cnc([C@@H]5CCCN5C(=O)OCc5ccccc5)[nH]4)O3)cc2)[nH]1)c1ccccc1. The van der Waals surface area contributed by atoms with Gasteiger partial charge in [-0.05, 0) is 62.0 Å². The Morgan fingerprint density at radius 3 is 2.15 bits per heavy atom. The standard InChI is InChI=1S/C41H44N8O4/c1-47(2)36(30-13-7-4-8-14-30)40(50)48-21-9-15-33(48)37-42-23-31(45-37)28-17-19-29(20-18-28)35-25-44-39(53-35)32-24-43-38(46-32)34-16-10-22-49(34)41(51)52-26-27-11-5-3-6-12-27/h3-8,11-14,17-20,23-24,33-36H,9-10,15-16,21-22,25-26H2,1-2H3,(H,42,45)(H,43,46)/t33-,34-,35?,36+/m0/s1. The van der Waals surface area contributed by atoms with E-state index in [2.05, 4.69) is 44.2 Å². The Morgan fingerprint density at radius 1 is 0.830 bits per heavy atom. The monoisotopic (exact) mass is 712 g/mol. The zero-order chi connectivity index (χ0) is 36.3. The second-order valence-electron chi connectivity index (χ2n) is 14.1. The number of aromatic nitrogens is 4. The summed E-state index contributed by atoms with van der Waals surface area (Å²) in [6.45, 7) is 2.05. The maximum absolute atomic E-state index is 13.9. The largest absolute Gasteiger partial charge is 0.466 e. The van der Waals surface area contributed by atoms with Crippen molar-refractivity contribution in [1.82, 2.24) is 34.6 Å². The number of benzene rings is 3. The van der Waals surface area contributed by atoms with E-state index in [1.165, 1.54) is 0 Å². The Hall–Kier alpha value is -5.75. The summed E-state index contributed by atoms with van der Waals surface area (Å²) in [5.74, 6) is 2.11. The van der Waals surface area contributed by atoms with E-state index in [0.29, 0.717) is 37.1 Å². The number of carbonyl (C=O) groups is 2. The number of ether oxygens (including phenoxy) is 2. The number of carbonyl (C=O) groups excluding carboxylic acids is 2. The first-order valence-electron chi connectivity index (χ1n) is 18.3. The van der Waals surface area contributed by atoms with Gasteiger partial charge < -0.3 is 24.3 Å². The molecule has 0 bridgehead atoms. The smallest absolute Gasteiger partial charge is 0.410 e. The first-order chi connectivity index (χ1) is 25.9. The lowest BCUT2D eigenvalue weighted by molar-refractivity contribution is -0.137. The van der Waals surface area contributed by atoms with Gasteiger partial charge >= 0.3 is 6.09 Å². The van der Waals surface area contributed by atoms with Gasteiger partial charge in [-0.1, -0.05) is 84.9 Å². The highest BCUT2D eigenvalue weighted by molar-refractivity contribution is 5.93. The van der Waals surface area contributed by atoms with E-state index >= 15 is 0 Å². The minimum Gasteiger partial charge on any atom is -0.466 e. The van der Waals surface area contributed by atoms with Crippen molar-refractivity contribution >= 4 is 17.9 Å². The third-order valence-electron chi connectivity index (χ3n) is 10.4. The predicted molar refractivity (Wildman–Crippen MR) is 200 cm³/mol. The molecule has 2 N–H and O–H groups in total. The van der Waals surface area contributed by atoms with Crippen molar-refractivity contribution in [3.63, 3.8) is 0 Å². The molecule has 2 fully saturated rings. The Bertz CT molecular complexity index is 2060. The summed E-state index contributed by atoms with van der Waals surface area (Å²) < 4.78 is 11.9. The van der Waals surface area contributed by atoms with Crippen LogP contribution < -0.4 is 0 Å². The number of imidazole rings is 2. The lowest BCUT2D eigenvalue weighted by Gasteiger charge is -2.31. The zero-order valence-corrected chi connectivity index (χ0v) is 30.0. The van der Waals surface area contributed by atoms with Crippen molar-refractivity contribution in [1.29, 1.82) is 0 Å². The van der Waals surface area contributed by atoms with Gasteiger partial charge in [-0.15, -0.1) is 0 Å². The van der Waals surface area contributed by atoms with Crippen LogP contribution in [-0.4, -0.2) is 86.3 Å². The summed E-state index contributed by atoms with van der Waals surface area (Å²) in [6.07, 6.45) is 6.48. The molecule has 3 aromatic carbocycles. The normalized spacial score (nSPS) is 20.4. The minimum atomic E-state index is -0.352. The molecule has 272 valence electrons. The second-order valence-corrected chi connectivity index (χ2v) is 14.1. The van der Waals surface area contributed by atoms with Crippen LogP contribution in [0.5, 0.6) is 0 Å². The van der Waals surface area contributed by atoms with Crippen molar-refractivity contribution in [3.05, 3.63) is 131 Å². The van der Waals surface area contributed by atoms with E-state index < -0.39 is 0 Å². The number of aromatic amines is 2. The van der Waals surface area contributed by atoms with Crippen LogP contribution in [0.25, 0.3) is 11.3 Å². The molecule has 3 aliphatic heterocycles. The van der Waals surface area contributed by atoms with Crippen molar-refractivity contribution < 1.29 is 19.1 Å². The Kier molecular flexibility index (Phi) is 9.77.